The van der Waals surface area contributed by atoms with Gasteiger partial charge in [0, 0.05) is 19.6 Å². The molecule has 164 valence electrons. The van der Waals surface area contributed by atoms with Gasteiger partial charge in [-0.1, -0.05) is 48.5 Å². The summed E-state index contributed by atoms with van der Waals surface area (Å²) in [6, 6.07) is 18.5. The number of carbonyl (C=O) groups excluding carboxylic acids is 3. The van der Waals surface area contributed by atoms with E-state index in [1.54, 1.807) is 4.90 Å². The van der Waals surface area contributed by atoms with Gasteiger partial charge in [-0.3, -0.25) is 14.4 Å². The van der Waals surface area contributed by atoms with Crippen molar-refractivity contribution in [1.29, 1.82) is 0 Å². The molecule has 1 fully saturated rings. The molecule has 2 aromatic rings. The van der Waals surface area contributed by atoms with E-state index in [0.29, 0.717) is 25.4 Å². The summed E-state index contributed by atoms with van der Waals surface area (Å²) in [5.41, 5.74) is 0.942. The topological polar surface area (TPSA) is 87.7 Å². The van der Waals surface area contributed by atoms with E-state index in [-0.39, 0.29) is 24.5 Å². The number of nitrogens with one attached hydrogen (secondary N) is 2. The van der Waals surface area contributed by atoms with E-state index in [1.807, 2.05) is 67.6 Å². The molecular weight excluding hydrogens is 394 g/mol. The second-order valence-electron chi connectivity index (χ2n) is 7.74. The Morgan fingerprint density at radius 3 is 2.23 bits per heavy atom. The van der Waals surface area contributed by atoms with Gasteiger partial charge in [0.25, 0.3) is 5.91 Å². The highest BCUT2D eigenvalue weighted by Gasteiger charge is 2.24. The van der Waals surface area contributed by atoms with Crippen LogP contribution in [0.3, 0.4) is 0 Å². The van der Waals surface area contributed by atoms with Gasteiger partial charge in [0.1, 0.15) is 5.75 Å². The van der Waals surface area contributed by atoms with Gasteiger partial charge >= 0.3 is 11.8 Å². The number of likely N-dealkylation sites (tertiary alicyclic amines) is 1. The van der Waals surface area contributed by atoms with Crippen LogP contribution in [0.1, 0.15) is 31.4 Å². The van der Waals surface area contributed by atoms with Crippen LogP contribution >= 0.6 is 0 Å². The van der Waals surface area contributed by atoms with Crippen LogP contribution in [0.15, 0.2) is 60.7 Å². The van der Waals surface area contributed by atoms with Crippen LogP contribution in [0.4, 0.5) is 0 Å². The number of para-hydroxylation sites is 1. The predicted octanol–water partition coefficient (Wildman–Crippen LogP) is 2.30. The van der Waals surface area contributed by atoms with Crippen molar-refractivity contribution in [2.45, 2.75) is 25.8 Å². The first-order chi connectivity index (χ1) is 15.0. The molecule has 1 saturated heterocycles. The number of hydrogen-bond acceptors (Lipinski definition) is 4. The number of amides is 3. The standard InChI is InChI=1S/C24H29N3O4/c1-18(20-8-4-2-5-9-20)26-24(30)23(29)25-16-19-12-14-27(15-13-19)22(28)17-31-21-10-6-3-7-11-21/h2-11,18-19H,12-17H2,1H3,(H,25,29)(H,26,30). The molecule has 2 N–H and O–H groups in total. The van der Waals surface area contributed by atoms with Crippen LogP contribution in [0, 0.1) is 5.92 Å². The Labute approximate surface area is 182 Å². The average molecular weight is 424 g/mol. The van der Waals surface area contributed by atoms with E-state index in [4.69, 9.17) is 4.74 Å². The minimum atomic E-state index is -0.637. The lowest BCUT2D eigenvalue weighted by Crippen LogP contribution is -2.45. The number of piperidine rings is 1. The summed E-state index contributed by atoms with van der Waals surface area (Å²) in [7, 11) is 0. The summed E-state index contributed by atoms with van der Waals surface area (Å²) in [5.74, 6) is -0.393. The molecule has 0 radical (unpaired) electrons. The maximum atomic E-state index is 12.3. The number of carbonyl (C=O) groups is 3. The zero-order valence-corrected chi connectivity index (χ0v) is 17.8. The van der Waals surface area contributed by atoms with Crippen LogP contribution in [0.5, 0.6) is 5.75 Å². The quantitative estimate of drug-likeness (QED) is 0.669. The average Bonchev–Trinajstić information content (AvgIpc) is 2.82. The van der Waals surface area contributed by atoms with Crippen molar-refractivity contribution < 1.29 is 19.1 Å². The fourth-order valence-corrected chi connectivity index (χ4v) is 3.54. The van der Waals surface area contributed by atoms with Crippen LogP contribution in [0.25, 0.3) is 0 Å². The summed E-state index contributed by atoms with van der Waals surface area (Å²) in [4.78, 5) is 38.4. The molecule has 3 amide bonds. The van der Waals surface area contributed by atoms with Crippen molar-refractivity contribution in [1.82, 2.24) is 15.5 Å². The van der Waals surface area contributed by atoms with Crippen molar-refractivity contribution in [3.63, 3.8) is 0 Å². The number of rotatable bonds is 7. The lowest BCUT2D eigenvalue weighted by atomic mass is 9.96. The lowest BCUT2D eigenvalue weighted by Gasteiger charge is -2.32. The molecule has 7 heteroatoms. The molecule has 0 aliphatic carbocycles. The van der Waals surface area contributed by atoms with Gasteiger partial charge < -0.3 is 20.3 Å². The van der Waals surface area contributed by atoms with Gasteiger partial charge in [-0.25, -0.2) is 0 Å². The third kappa shape index (κ3) is 6.84. The molecular formula is C24H29N3O4. The molecule has 7 nitrogen and oxygen atoms in total. The van der Waals surface area contributed by atoms with Crippen molar-refractivity contribution >= 4 is 17.7 Å². The summed E-state index contributed by atoms with van der Waals surface area (Å²) >= 11 is 0. The van der Waals surface area contributed by atoms with Gasteiger partial charge in [-0.05, 0) is 43.4 Å². The Morgan fingerprint density at radius 1 is 0.968 bits per heavy atom. The summed E-state index contributed by atoms with van der Waals surface area (Å²) in [6.45, 7) is 3.53. The maximum Gasteiger partial charge on any atom is 0.309 e. The Balaban J connectivity index is 1.34. The highest BCUT2D eigenvalue weighted by Crippen LogP contribution is 2.17. The predicted molar refractivity (Wildman–Crippen MR) is 117 cm³/mol. The number of nitrogens with zero attached hydrogens (tertiary/aromatic N) is 1. The summed E-state index contributed by atoms with van der Waals surface area (Å²) in [6.07, 6.45) is 1.55. The Bertz CT molecular complexity index is 865. The Morgan fingerprint density at radius 2 is 1.58 bits per heavy atom. The van der Waals surface area contributed by atoms with E-state index < -0.39 is 11.8 Å². The van der Waals surface area contributed by atoms with E-state index in [2.05, 4.69) is 10.6 Å². The highest BCUT2D eigenvalue weighted by molar-refractivity contribution is 6.35. The van der Waals surface area contributed by atoms with Gasteiger partial charge in [-0.2, -0.15) is 0 Å². The largest absolute Gasteiger partial charge is 0.484 e. The van der Waals surface area contributed by atoms with Crippen molar-refractivity contribution in [2.75, 3.05) is 26.2 Å². The molecule has 0 bridgehead atoms. The lowest BCUT2D eigenvalue weighted by molar-refractivity contribution is -0.139. The molecule has 1 unspecified atom stereocenters. The van der Waals surface area contributed by atoms with Crippen LogP contribution in [-0.4, -0.2) is 48.9 Å². The molecule has 1 aliphatic heterocycles. The SMILES string of the molecule is CC(NC(=O)C(=O)NCC1CCN(C(=O)COc2ccccc2)CC1)c1ccccc1. The van der Waals surface area contributed by atoms with Gasteiger partial charge in [-0.15, -0.1) is 0 Å². The fraction of sp³-hybridized carbons (Fsp3) is 0.375. The smallest absolute Gasteiger partial charge is 0.309 e. The van der Waals surface area contributed by atoms with E-state index in [9.17, 15) is 14.4 Å². The summed E-state index contributed by atoms with van der Waals surface area (Å²) < 4.78 is 5.52. The zero-order valence-electron chi connectivity index (χ0n) is 17.8. The van der Waals surface area contributed by atoms with Crippen LogP contribution < -0.4 is 15.4 Å². The second-order valence-corrected chi connectivity index (χ2v) is 7.74. The van der Waals surface area contributed by atoms with Crippen molar-refractivity contribution in [3.8, 4) is 5.75 Å². The third-order valence-corrected chi connectivity index (χ3v) is 5.48. The molecule has 31 heavy (non-hydrogen) atoms. The first kappa shape index (κ1) is 22.3. The van der Waals surface area contributed by atoms with Gasteiger partial charge in [0.15, 0.2) is 6.61 Å². The summed E-state index contributed by atoms with van der Waals surface area (Å²) in [5, 5.41) is 5.44. The Hall–Kier alpha value is -3.35. The zero-order chi connectivity index (χ0) is 22.1. The van der Waals surface area contributed by atoms with Gasteiger partial charge in [0.05, 0.1) is 6.04 Å². The highest BCUT2D eigenvalue weighted by atomic mass is 16.5. The first-order valence-corrected chi connectivity index (χ1v) is 10.6. The molecule has 1 heterocycles. The molecule has 1 aliphatic rings. The molecule has 2 aromatic carbocycles. The molecule has 3 rings (SSSR count). The monoisotopic (exact) mass is 423 g/mol. The number of benzene rings is 2. The molecule has 0 saturated carbocycles. The Kier molecular flexibility index (Phi) is 8.04. The minimum Gasteiger partial charge on any atom is -0.484 e. The van der Waals surface area contributed by atoms with E-state index in [1.165, 1.54) is 0 Å². The van der Waals surface area contributed by atoms with E-state index >= 15 is 0 Å². The van der Waals surface area contributed by atoms with E-state index in [0.717, 1.165) is 18.4 Å². The molecule has 1 atom stereocenters. The number of ether oxygens (including phenoxy) is 1. The van der Waals surface area contributed by atoms with Gasteiger partial charge in [0.2, 0.25) is 0 Å². The second kappa shape index (κ2) is 11.2. The maximum absolute atomic E-state index is 12.3. The number of hydrogen-bond donors (Lipinski definition) is 2. The van der Waals surface area contributed by atoms with Crippen molar-refractivity contribution in [2.24, 2.45) is 5.92 Å². The molecule has 0 aromatic heterocycles. The van der Waals surface area contributed by atoms with Crippen molar-refractivity contribution in [3.05, 3.63) is 66.2 Å². The normalized spacial score (nSPS) is 15.1. The minimum absolute atomic E-state index is 0.0190. The van der Waals surface area contributed by atoms with Crippen LogP contribution in [0.2, 0.25) is 0 Å². The first-order valence-electron chi connectivity index (χ1n) is 10.6. The third-order valence-electron chi connectivity index (χ3n) is 5.48. The fourth-order valence-electron chi connectivity index (χ4n) is 3.54. The molecule has 0 spiro atoms. The van der Waals surface area contributed by atoms with Crippen LogP contribution in [-0.2, 0) is 14.4 Å².